The molecule has 108 valence electrons. The third-order valence-corrected chi connectivity index (χ3v) is 5.53. The van der Waals surface area contributed by atoms with E-state index in [-0.39, 0.29) is 0 Å². The van der Waals surface area contributed by atoms with Crippen molar-refractivity contribution in [1.29, 1.82) is 0 Å². The SMILES string of the molecule is CC(C)(C)C1CC=C2CC=CC[C@]2(C)C1C(C)(C)C. The van der Waals surface area contributed by atoms with Crippen LogP contribution in [-0.4, -0.2) is 0 Å². The van der Waals surface area contributed by atoms with Crippen LogP contribution in [-0.2, 0) is 0 Å². The predicted octanol–water partition coefficient (Wildman–Crippen LogP) is 6.00. The van der Waals surface area contributed by atoms with Crippen molar-refractivity contribution in [2.75, 3.05) is 0 Å². The van der Waals surface area contributed by atoms with Crippen LogP contribution in [0.1, 0.15) is 67.7 Å². The van der Waals surface area contributed by atoms with Crippen molar-refractivity contribution < 1.29 is 0 Å². The van der Waals surface area contributed by atoms with E-state index >= 15 is 0 Å². The third kappa shape index (κ3) is 2.56. The smallest absolute Gasteiger partial charge is 0.00427 e. The fourth-order valence-electron chi connectivity index (χ4n) is 4.81. The number of hydrogen-bond donors (Lipinski definition) is 0. The fraction of sp³-hybridized carbons (Fsp3) is 0.789. The van der Waals surface area contributed by atoms with Crippen molar-refractivity contribution >= 4 is 0 Å². The molecule has 0 nitrogen and oxygen atoms in total. The van der Waals surface area contributed by atoms with E-state index in [9.17, 15) is 0 Å². The van der Waals surface area contributed by atoms with Crippen LogP contribution in [0.2, 0.25) is 0 Å². The van der Waals surface area contributed by atoms with Crippen LogP contribution >= 0.6 is 0 Å². The summed E-state index contributed by atoms with van der Waals surface area (Å²) in [5.74, 6) is 1.55. The normalized spacial score (nSPS) is 35.8. The lowest BCUT2D eigenvalue weighted by atomic mass is 9.48. The molecule has 0 saturated heterocycles. The summed E-state index contributed by atoms with van der Waals surface area (Å²) in [4.78, 5) is 0. The molecular weight excluding hydrogens is 228 g/mol. The summed E-state index contributed by atoms with van der Waals surface area (Å²) in [5.41, 5.74) is 2.85. The Morgan fingerprint density at radius 2 is 1.63 bits per heavy atom. The Labute approximate surface area is 120 Å². The van der Waals surface area contributed by atoms with Gasteiger partial charge in [0.25, 0.3) is 0 Å². The molecule has 19 heavy (non-hydrogen) atoms. The molecule has 0 aromatic heterocycles. The van der Waals surface area contributed by atoms with Gasteiger partial charge in [0.05, 0.1) is 0 Å². The molecule has 0 heteroatoms. The van der Waals surface area contributed by atoms with Crippen LogP contribution in [0.15, 0.2) is 23.8 Å². The predicted molar refractivity (Wildman–Crippen MR) is 85.1 cm³/mol. The summed E-state index contributed by atoms with van der Waals surface area (Å²) in [6.45, 7) is 17.1. The molecule has 0 aliphatic heterocycles. The van der Waals surface area contributed by atoms with Gasteiger partial charge in [0.2, 0.25) is 0 Å². The highest BCUT2D eigenvalue weighted by atomic mass is 14.6. The van der Waals surface area contributed by atoms with Gasteiger partial charge in [0.1, 0.15) is 0 Å². The van der Waals surface area contributed by atoms with Crippen LogP contribution in [0.4, 0.5) is 0 Å². The second-order valence-corrected chi connectivity index (χ2v) is 9.08. The lowest BCUT2D eigenvalue weighted by Gasteiger charge is -2.56. The maximum atomic E-state index is 2.57. The third-order valence-electron chi connectivity index (χ3n) is 5.53. The minimum absolute atomic E-state index is 0.372. The Morgan fingerprint density at radius 1 is 1.00 bits per heavy atom. The van der Waals surface area contributed by atoms with Gasteiger partial charge in [-0.15, -0.1) is 0 Å². The maximum absolute atomic E-state index is 2.57. The van der Waals surface area contributed by atoms with E-state index in [1.165, 1.54) is 19.3 Å². The molecule has 0 heterocycles. The molecule has 0 fully saturated rings. The highest BCUT2D eigenvalue weighted by Crippen LogP contribution is 2.60. The molecule has 2 aliphatic carbocycles. The van der Waals surface area contributed by atoms with Gasteiger partial charge >= 0.3 is 0 Å². The largest absolute Gasteiger partial charge is 0.0873 e. The first-order valence-electron chi connectivity index (χ1n) is 7.91. The quantitative estimate of drug-likeness (QED) is 0.469. The van der Waals surface area contributed by atoms with E-state index in [0.29, 0.717) is 16.2 Å². The number of fused-ring (bicyclic) bond motifs is 1. The Balaban J connectivity index is 2.51. The van der Waals surface area contributed by atoms with Crippen LogP contribution in [0.5, 0.6) is 0 Å². The summed E-state index contributed by atoms with van der Waals surface area (Å²) < 4.78 is 0. The summed E-state index contributed by atoms with van der Waals surface area (Å²) >= 11 is 0. The summed E-state index contributed by atoms with van der Waals surface area (Å²) in [6, 6.07) is 0. The van der Waals surface area contributed by atoms with Gasteiger partial charge in [0.15, 0.2) is 0 Å². The van der Waals surface area contributed by atoms with Gasteiger partial charge in [-0.2, -0.15) is 0 Å². The molecule has 0 amide bonds. The second-order valence-electron chi connectivity index (χ2n) is 9.08. The first kappa shape index (κ1) is 14.9. The van der Waals surface area contributed by atoms with Crippen molar-refractivity contribution in [2.24, 2.45) is 28.1 Å². The minimum atomic E-state index is 0.372. The second kappa shape index (κ2) is 4.50. The molecule has 2 aliphatic rings. The van der Waals surface area contributed by atoms with Crippen LogP contribution in [0, 0.1) is 28.1 Å². The Kier molecular flexibility index (Phi) is 3.52. The van der Waals surface area contributed by atoms with E-state index in [0.717, 1.165) is 11.8 Å². The monoisotopic (exact) mass is 260 g/mol. The number of rotatable bonds is 0. The van der Waals surface area contributed by atoms with Crippen LogP contribution in [0.25, 0.3) is 0 Å². The minimum Gasteiger partial charge on any atom is -0.0873 e. The molecule has 2 unspecified atom stereocenters. The lowest BCUT2D eigenvalue weighted by molar-refractivity contribution is -0.0184. The average Bonchev–Trinajstić information content (AvgIpc) is 2.23. The van der Waals surface area contributed by atoms with Crippen LogP contribution < -0.4 is 0 Å². The molecule has 0 spiro atoms. The van der Waals surface area contributed by atoms with E-state index < -0.39 is 0 Å². The van der Waals surface area contributed by atoms with E-state index in [4.69, 9.17) is 0 Å². The van der Waals surface area contributed by atoms with Gasteiger partial charge in [-0.1, -0.05) is 72.3 Å². The zero-order valence-corrected chi connectivity index (χ0v) is 14.0. The molecule has 3 atom stereocenters. The van der Waals surface area contributed by atoms with Crippen LogP contribution in [0.3, 0.4) is 0 Å². The molecule has 0 radical (unpaired) electrons. The van der Waals surface area contributed by atoms with E-state index in [1.54, 1.807) is 5.57 Å². The van der Waals surface area contributed by atoms with Gasteiger partial charge < -0.3 is 0 Å². The van der Waals surface area contributed by atoms with Gasteiger partial charge in [-0.3, -0.25) is 0 Å². The van der Waals surface area contributed by atoms with E-state index in [1.807, 2.05) is 0 Å². The maximum Gasteiger partial charge on any atom is -0.00427 e. The molecule has 0 N–H and O–H groups in total. The zero-order chi connectivity index (χ0) is 14.5. The standard InChI is InChI=1S/C19H32/c1-17(2,3)15-12-11-14-10-8-9-13-19(14,7)16(15)18(4,5)6/h8-9,11,15-16H,10,12-13H2,1-7H3/t15?,16?,19-/m0/s1. The summed E-state index contributed by atoms with van der Waals surface area (Å²) in [6.07, 6.45) is 11.0. The average molecular weight is 260 g/mol. The van der Waals surface area contributed by atoms with Crippen molar-refractivity contribution in [1.82, 2.24) is 0 Å². The zero-order valence-electron chi connectivity index (χ0n) is 14.0. The first-order valence-corrected chi connectivity index (χ1v) is 7.91. The van der Waals surface area contributed by atoms with Crippen molar-refractivity contribution in [3.8, 4) is 0 Å². The number of allylic oxidation sites excluding steroid dienone is 4. The Bertz CT molecular complexity index is 397. The molecular formula is C19H32. The topological polar surface area (TPSA) is 0 Å². The molecule has 0 aromatic carbocycles. The number of hydrogen-bond acceptors (Lipinski definition) is 0. The first-order chi connectivity index (χ1) is 8.57. The Morgan fingerprint density at radius 3 is 2.16 bits per heavy atom. The van der Waals surface area contributed by atoms with Gasteiger partial charge in [-0.05, 0) is 47.3 Å². The fourth-order valence-corrected chi connectivity index (χ4v) is 4.81. The van der Waals surface area contributed by atoms with Crippen molar-refractivity contribution in [2.45, 2.75) is 67.7 Å². The molecule has 0 saturated carbocycles. The Hall–Kier alpha value is -0.520. The summed E-state index contributed by atoms with van der Waals surface area (Å²) in [7, 11) is 0. The summed E-state index contributed by atoms with van der Waals surface area (Å²) in [5, 5.41) is 0. The lowest BCUT2D eigenvalue weighted by Crippen LogP contribution is -2.49. The highest BCUT2D eigenvalue weighted by molar-refractivity contribution is 5.28. The van der Waals surface area contributed by atoms with Gasteiger partial charge in [0, 0.05) is 0 Å². The van der Waals surface area contributed by atoms with Crippen molar-refractivity contribution in [3.63, 3.8) is 0 Å². The molecule has 0 aromatic rings. The molecule has 2 rings (SSSR count). The highest BCUT2D eigenvalue weighted by Gasteiger charge is 2.51. The van der Waals surface area contributed by atoms with Crippen molar-refractivity contribution in [3.05, 3.63) is 23.8 Å². The van der Waals surface area contributed by atoms with Gasteiger partial charge in [-0.25, -0.2) is 0 Å². The van der Waals surface area contributed by atoms with E-state index in [2.05, 4.69) is 66.7 Å². The molecule has 0 bridgehead atoms.